The van der Waals surface area contributed by atoms with E-state index in [2.05, 4.69) is 0 Å². The first-order chi connectivity index (χ1) is 28.6. The summed E-state index contributed by atoms with van der Waals surface area (Å²) in [5.74, 6) is 1.15. The summed E-state index contributed by atoms with van der Waals surface area (Å²) in [6.07, 6.45) is 6.80. The normalized spacial score (nSPS) is 11.6. The minimum Gasteiger partial charge on any atom is -0.504 e. The van der Waals surface area contributed by atoms with Gasteiger partial charge in [0, 0.05) is 11.1 Å². The highest BCUT2D eigenvalue weighted by Crippen LogP contribution is 2.38. The van der Waals surface area contributed by atoms with Gasteiger partial charge in [0.25, 0.3) is 11.1 Å². The lowest BCUT2D eigenvalue weighted by Gasteiger charge is -2.16. The maximum atomic E-state index is 14.4. The van der Waals surface area contributed by atoms with Crippen LogP contribution >= 0.6 is 0 Å². The zero-order valence-corrected chi connectivity index (χ0v) is 33.1. The summed E-state index contributed by atoms with van der Waals surface area (Å²) < 4.78 is 14.1. The molecule has 2 heterocycles. The van der Waals surface area contributed by atoms with Crippen LogP contribution in [0.4, 0.5) is 0 Å². The molecule has 0 aliphatic rings. The van der Waals surface area contributed by atoms with Gasteiger partial charge in [0.2, 0.25) is 0 Å². The number of benzene rings is 6. The maximum Gasteiger partial charge on any atom is 0.266 e. The molecule has 6 aromatic carbocycles. The van der Waals surface area contributed by atoms with Crippen molar-refractivity contribution in [3.63, 3.8) is 0 Å². The van der Waals surface area contributed by atoms with Crippen LogP contribution in [-0.4, -0.2) is 43.5 Å². The molecular weight excluding hydrogens is 741 g/mol. The molecule has 0 atom stereocenters. The number of ether oxygens (including phenoxy) is 2. The third kappa shape index (κ3) is 7.01. The Morgan fingerprint density at radius 3 is 1.86 bits per heavy atom. The van der Waals surface area contributed by atoms with Crippen LogP contribution in [0.25, 0.3) is 68.6 Å². The highest BCUT2D eigenvalue weighted by atomic mass is 16.5. The van der Waals surface area contributed by atoms with Gasteiger partial charge in [-0.15, -0.1) is 0 Å². The molecule has 0 unspecified atom stereocenters. The number of phenols is 2. The van der Waals surface area contributed by atoms with Crippen LogP contribution in [-0.2, 0) is 0 Å². The second kappa shape index (κ2) is 15.7. The Bertz CT molecular complexity index is 3140. The van der Waals surface area contributed by atoms with E-state index in [4.69, 9.17) is 19.4 Å². The fourth-order valence-electron chi connectivity index (χ4n) is 7.26. The van der Waals surface area contributed by atoms with Gasteiger partial charge in [0.05, 0.1) is 47.4 Å². The number of rotatable bonds is 9. The summed E-state index contributed by atoms with van der Waals surface area (Å²) in [6.45, 7) is 5.89. The molecule has 0 bridgehead atoms. The van der Waals surface area contributed by atoms with Gasteiger partial charge in [-0.25, -0.2) is 9.97 Å². The number of para-hydroxylation sites is 3. The third-order valence-electron chi connectivity index (χ3n) is 10.6. The fourth-order valence-corrected chi connectivity index (χ4v) is 7.26. The van der Waals surface area contributed by atoms with Crippen molar-refractivity contribution < 1.29 is 19.7 Å². The van der Waals surface area contributed by atoms with Crippen molar-refractivity contribution in [3.05, 3.63) is 175 Å². The van der Waals surface area contributed by atoms with E-state index in [0.29, 0.717) is 72.8 Å². The third-order valence-corrected chi connectivity index (χ3v) is 10.6. The van der Waals surface area contributed by atoms with Gasteiger partial charge < -0.3 is 19.7 Å². The molecule has 0 saturated heterocycles. The number of aromatic nitrogens is 4. The van der Waals surface area contributed by atoms with Crippen molar-refractivity contribution in [2.75, 3.05) is 14.2 Å². The van der Waals surface area contributed by atoms with Gasteiger partial charge in [0.15, 0.2) is 23.0 Å². The maximum absolute atomic E-state index is 14.4. The summed E-state index contributed by atoms with van der Waals surface area (Å²) in [5.41, 5.74) is 7.05. The molecule has 0 amide bonds. The lowest BCUT2D eigenvalue weighted by Crippen LogP contribution is -2.23. The number of hydrogen-bond acceptors (Lipinski definition) is 8. The number of methoxy groups -OCH3 is 2. The van der Waals surface area contributed by atoms with Crippen LogP contribution in [0.2, 0.25) is 0 Å². The Kier molecular flexibility index (Phi) is 10.1. The molecule has 8 rings (SSSR count). The molecule has 0 saturated carbocycles. The molecule has 0 aliphatic heterocycles. The molecule has 0 fully saturated rings. The van der Waals surface area contributed by atoms with Crippen molar-refractivity contribution in [1.29, 1.82) is 0 Å². The van der Waals surface area contributed by atoms with Gasteiger partial charge >= 0.3 is 0 Å². The van der Waals surface area contributed by atoms with Crippen LogP contribution in [0, 0.1) is 20.8 Å². The van der Waals surface area contributed by atoms with Gasteiger partial charge in [0.1, 0.15) is 11.6 Å². The van der Waals surface area contributed by atoms with E-state index in [9.17, 15) is 19.8 Å². The molecule has 0 spiro atoms. The largest absolute Gasteiger partial charge is 0.504 e. The minimum atomic E-state index is -0.265. The van der Waals surface area contributed by atoms with Gasteiger partial charge in [-0.1, -0.05) is 60.7 Å². The molecule has 8 aromatic rings. The van der Waals surface area contributed by atoms with E-state index >= 15 is 0 Å². The molecule has 0 radical (unpaired) electrons. The van der Waals surface area contributed by atoms with Crippen LogP contribution in [0.5, 0.6) is 23.0 Å². The lowest BCUT2D eigenvalue weighted by atomic mass is 10.00. The highest BCUT2D eigenvalue weighted by Gasteiger charge is 2.18. The molecule has 10 heteroatoms. The molecule has 2 aromatic heterocycles. The SMILES string of the molecule is COc1cccc(/C=C/c2nc3cc(-c4cc(/C=C/c5nc6ccccc6c(=O)n5-c5ccccc5C)c(O)c(OC)c4)ccc3c(=O)n2-c2cccc(C)c2C)c1O. The first kappa shape index (κ1) is 38.2. The van der Waals surface area contributed by atoms with Crippen LogP contribution in [0.3, 0.4) is 0 Å². The van der Waals surface area contributed by atoms with Crippen molar-refractivity contribution in [2.24, 2.45) is 0 Å². The first-order valence-corrected chi connectivity index (χ1v) is 18.9. The Morgan fingerprint density at radius 1 is 0.525 bits per heavy atom. The summed E-state index contributed by atoms with van der Waals surface area (Å²) in [5, 5.41) is 23.1. The average molecular weight is 781 g/mol. The van der Waals surface area contributed by atoms with E-state index in [1.165, 1.54) is 14.2 Å². The fraction of sp³-hybridized carbons (Fsp3) is 0.102. The quantitative estimate of drug-likeness (QED) is 0.148. The van der Waals surface area contributed by atoms with E-state index in [1.54, 1.807) is 82.0 Å². The van der Waals surface area contributed by atoms with Gasteiger partial charge in [-0.05, 0) is 127 Å². The predicted octanol–water partition coefficient (Wildman–Crippen LogP) is 9.45. The van der Waals surface area contributed by atoms with Crippen molar-refractivity contribution in [2.45, 2.75) is 20.8 Å². The van der Waals surface area contributed by atoms with E-state index in [1.807, 2.05) is 87.5 Å². The van der Waals surface area contributed by atoms with Gasteiger partial charge in [-0.2, -0.15) is 0 Å². The molecule has 59 heavy (non-hydrogen) atoms. The van der Waals surface area contributed by atoms with Crippen LogP contribution in [0.15, 0.2) is 125 Å². The highest BCUT2D eigenvalue weighted by molar-refractivity contribution is 5.88. The molecule has 2 N–H and O–H groups in total. The second-order valence-electron chi connectivity index (χ2n) is 14.2. The Hall–Kier alpha value is -7.72. The van der Waals surface area contributed by atoms with Crippen molar-refractivity contribution in [3.8, 4) is 45.5 Å². The van der Waals surface area contributed by atoms with Crippen LogP contribution < -0.4 is 20.6 Å². The number of hydrogen-bond donors (Lipinski definition) is 2. The Balaban J connectivity index is 1.27. The first-order valence-electron chi connectivity index (χ1n) is 18.9. The van der Waals surface area contributed by atoms with Gasteiger partial charge in [-0.3, -0.25) is 18.7 Å². The van der Waals surface area contributed by atoms with E-state index in [0.717, 1.165) is 16.7 Å². The molecular formula is C49H40N4O6. The second-order valence-corrected chi connectivity index (χ2v) is 14.2. The number of aromatic hydroxyl groups is 2. The lowest BCUT2D eigenvalue weighted by molar-refractivity contribution is 0.373. The summed E-state index contributed by atoms with van der Waals surface area (Å²) >= 11 is 0. The summed E-state index contributed by atoms with van der Waals surface area (Å²) in [7, 11) is 2.96. The zero-order valence-electron chi connectivity index (χ0n) is 33.1. The Morgan fingerprint density at radius 2 is 1.12 bits per heavy atom. The minimum absolute atomic E-state index is 0.0315. The summed E-state index contributed by atoms with van der Waals surface area (Å²) in [4.78, 5) is 38.3. The average Bonchev–Trinajstić information content (AvgIpc) is 3.24. The van der Waals surface area contributed by atoms with Crippen LogP contribution in [0.1, 0.15) is 39.5 Å². The predicted molar refractivity (Wildman–Crippen MR) is 235 cm³/mol. The molecule has 0 aliphatic carbocycles. The Labute approximate surface area is 339 Å². The van der Waals surface area contributed by atoms with Crippen molar-refractivity contribution in [1.82, 2.24) is 19.1 Å². The van der Waals surface area contributed by atoms with E-state index in [-0.39, 0.29) is 28.4 Å². The molecule has 10 nitrogen and oxygen atoms in total. The topological polar surface area (TPSA) is 129 Å². The smallest absolute Gasteiger partial charge is 0.266 e. The molecule has 292 valence electrons. The monoisotopic (exact) mass is 780 g/mol. The number of nitrogens with zero attached hydrogens (tertiary/aromatic N) is 4. The van der Waals surface area contributed by atoms with E-state index < -0.39 is 0 Å². The zero-order chi connectivity index (χ0) is 41.4. The number of fused-ring (bicyclic) bond motifs is 2. The summed E-state index contributed by atoms with van der Waals surface area (Å²) in [6, 6.07) is 34.7. The number of phenolic OH excluding ortho intramolecular Hbond substituents is 2. The number of aryl methyl sites for hydroxylation is 2. The van der Waals surface area contributed by atoms with Crippen molar-refractivity contribution >= 4 is 46.1 Å². The standard InChI is InChI=1S/C49H40N4O6/c1-29-13-10-18-41(31(29)3)53-45(24-21-32-14-11-19-42(58-4)46(32)54)51-39-27-33(20-23-37(39)49(53)57)35-26-34(47(55)43(28-35)59-5)22-25-44-50-38-16-8-7-15-36(38)48(56)52(44)40-17-9-6-12-30(40)2/h6-28,54-55H,1-5H3/b24-21+,25-22+.